The van der Waals surface area contributed by atoms with Gasteiger partial charge in [0.15, 0.2) is 5.82 Å². The summed E-state index contributed by atoms with van der Waals surface area (Å²) in [5.41, 5.74) is 5.52. The van der Waals surface area contributed by atoms with Gasteiger partial charge >= 0.3 is 0 Å². The van der Waals surface area contributed by atoms with Crippen LogP contribution in [0.3, 0.4) is 0 Å². The van der Waals surface area contributed by atoms with E-state index >= 15 is 0 Å². The third-order valence-electron chi connectivity index (χ3n) is 2.81. The van der Waals surface area contributed by atoms with E-state index in [2.05, 4.69) is 34.3 Å². The summed E-state index contributed by atoms with van der Waals surface area (Å²) in [4.78, 5) is 8.98. The maximum absolute atomic E-state index is 5.55. The van der Waals surface area contributed by atoms with E-state index in [1.54, 1.807) is 10.9 Å². The quantitative estimate of drug-likeness (QED) is 0.635. The first kappa shape index (κ1) is 12.5. The molecule has 0 radical (unpaired) electrons. The SMILES string of the molecule is Cc1nc(-c2cnn(C)c2)nc(NN)c1C(C)C. The summed E-state index contributed by atoms with van der Waals surface area (Å²) < 4.78 is 1.72. The zero-order valence-corrected chi connectivity index (χ0v) is 11.1. The molecule has 0 aliphatic heterocycles. The summed E-state index contributed by atoms with van der Waals surface area (Å²) in [5, 5.41) is 4.12. The Hall–Kier alpha value is -1.95. The lowest BCUT2D eigenvalue weighted by Gasteiger charge is -2.14. The molecule has 6 nitrogen and oxygen atoms in total. The summed E-state index contributed by atoms with van der Waals surface area (Å²) in [6.45, 7) is 6.16. The van der Waals surface area contributed by atoms with Crippen LogP contribution >= 0.6 is 0 Å². The van der Waals surface area contributed by atoms with Gasteiger partial charge in [0.25, 0.3) is 0 Å². The van der Waals surface area contributed by atoms with E-state index in [0.717, 1.165) is 16.8 Å². The molecular formula is C12H18N6. The minimum Gasteiger partial charge on any atom is -0.308 e. The molecule has 2 aromatic rings. The first-order chi connectivity index (χ1) is 8.52. The molecule has 2 heterocycles. The van der Waals surface area contributed by atoms with Crippen LogP contribution in [0.15, 0.2) is 12.4 Å². The monoisotopic (exact) mass is 246 g/mol. The van der Waals surface area contributed by atoms with Gasteiger partial charge in [-0.15, -0.1) is 0 Å². The van der Waals surface area contributed by atoms with E-state index in [0.29, 0.717) is 17.6 Å². The zero-order chi connectivity index (χ0) is 13.3. The number of nitrogens with one attached hydrogen (secondary N) is 1. The average molecular weight is 246 g/mol. The number of hydrogen-bond acceptors (Lipinski definition) is 5. The number of hydrogen-bond donors (Lipinski definition) is 2. The number of nitrogens with two attached hydrogens (primary N) is 1. The summed E-state index contributed by atoms with van der Waals surface area (Å²) in [6.07, 6.45) is 3.62. The van der Waals surface area contributed by atoms with Crippen molar-refractivity contribution in [3.8, 4) is 11.4 Å². The van der Waals surface area contributed by atoms with Crippen molar-refractivity contribution in [2.24, 2.45) is 12.9 Å². The van der Waals surface area contributed by atoms with E-state index < -0.39 is 0 Å². The van der Waals surface area contributed by atoms with Crippen LogP contribution in [0.1, 0.15) is 31.0 Å². The van der Waals surface area contributed by atoms with Gasteiger partial charge in [-0.3, -0.25) is 4.68 Å². The summed E-state index contributed by atoms with van der Waals surface area (Å²) in [5.74, 6) is 7.18. The molecule has 0 amide bonds. The summed E-state index contributed by atoms with van der Waals surface area (Å²) >= 11 is 0. The molecule has 0 bridgehead atoms. The van der Waals surface area contributed by atoms with E-state index in [-0.39, 0.29) is 0 Å². The molecule has 0 unspecified atom stereocenters. The number of nitrogen functional groups attached to an aromatic ring is 1. The highest BCUT2D eigenvalue weighted by molar-refractivity contribution is 5.58. The topological polar surface area (TPSA) is 81.7 Å². The molecular weight excluding hydrogens is 228 g/mol. The average Bonchev–Trinajstić information content (AvgIpc) is 2.74. The number of nitrogens with zero attached hydrogens (tertiary/aromatic N) is 4. The standard InChI is InChI=1S/C12H18N6/c1-7(2)10-8(3)15-11(16-12(10)17-13)9-5-14-18(4)6-9/h5-7H,13H2,1-4H3,(H,15,16,17). The minimum absolute atomic E-state index is 0.319. The number of hydrazine groups is 1. The molecule has 0 saturated heterocycles. The lowest BCUT2D eigenvalue weighted by atomic mass is 10.0. The predicted octanol–water partition coefficient (Wildman–Crippen LogP) is 1.59. The van der Waals surface area contributed by atoms with Gasteiger partial charge in [0.1, 0.15) is 5.82 Å². The zero-order valence-electron chi connectivity index (χ0n) is 11.1. The van der Waals surface area contributed by atoms with Crippen LogP contribution in [0.25, 0.3) is 11.4 Å². The molecule has 0 aliphatic carbocycles. The second-order valence-corrected chi connectivity index (χ2v) is 4.60. The van der Waals surface area contributed by atoms with Crippen molar-refractivity contribution in [2.75, 3.05) is 5.43 Å². The predicted molar refractivity (Wildman–Crippen MR) is 70.9 cm³/mol. The highest BCUT2D eigenvalue weighted by Gasteiger charge is 2.15. The van der Waals surface area contributed by atoms with Crippen molar-refractivity contribution in [3.05, 3.63) is 23.7 Å². The fourth-order valence-electron chi connectivity index (χ4n) is 2.05. The normalized spacial score (nSPS) is 11.0. The van der Waals surface area contributed by atoms with Gasteiger partial charge < -0.3 is 5.43 Å². The molecule has 0 fully saturated rings. The van der Waals surface area contributed by atoms with Gasteiger partial charge in [0.2, 0.25) is 0 Å². The van der Waals surface area contributed by atoms with Crippen LogP contribution in [0.5, 0.6) is 0 Å². The molecule has 0 atom stereocenters. The third kappa shape index (κ3) is 2.19. The van der Waals surface area contributed by atoms with Crippen LogP contribution in [0, 0.1) is 6.92 Å². The molecule has 0 spiro atoms. The van der Waals surface area contributed by atoms with Crippen LogP contribution < -0.4 is 11.3 Å². The second-order valence-electron chi connectivity index (χ2n) is 4.60. The van der Waals surface area contributed by atoms with Gasteiger partial charge in [-0.05, 0) is 12.8 Å². The molecule has 2 aromatic heterocycles. The Balaban J connectivity index is 2.55. The van der Waals surface area contributed by atoms with Crippen LogP contribution in [0.2, 0.25) is 0 Å². The Morgan fingerprint density at radius 1 is 1.33 bits per heavy atom. The van der Waals surface area contributed by atoms with Crippen molar-refractivity contribution in [1.29, 1.82) is 0 Å². The Labute approximate surface area is 106 Å². The molecule has 96 valence electrons. The fourth-order valence-corrected chi connectivity index (χ4v) is 2.05. The van der Waals surface area contributed by atoms with Crippen LogP contribution in [-0.4, -0.2) is 19.7 Å². The van der Waals surface area contributed by atoms with Crippen molar-refractivity contribution in [2.45, 2.75) is 26.7 Å². The molecule has 0 saturated carbocycles. The van der Waals surface area contributed by atoms with Gasteiger partial charge in [-0.2, -0.15) is 5.10 Å². The van der Waals surface area contributed by atoms with Gasteiger partial charge in [0, 0.05) is 24.5 Å². The first-order valence-electron chi connectivity index (χ1n) is 5.87. The second kappa shape index (κ2) is 4.73. The summed E-state index contributed by atoms with van der Waals surface area (Å²) in [7, 11) is 1.86. The summed E-state index contributed by atoms with van der Waals surface area (Å²) in [6, 6.07) is 0. The minimum atomic E-state index is 0.319. The Morgan fingerprint density at radius 3 is 2.56 bits per heavy atom. The molecule has 0 aromatic carbocycles. The van der Waals surface area contributed by atoms with Crippen LogP contribution in [-0.2, 0) is 7.05 Å². The number of aryl methyl sites for hydroxylation is 2. The number of rotatable bonds is 3. The van der Waals surface area contributed by atoms with Crippen molar-refractivity contribution >= 4 is 5.82 Å². The third-order valence-corrected chi connectivity index (χ3v) is 2.81. The number of anilines is 1. The number of aromatic nitrogens is 4. The van der Waals surface area contributed by atoms with E-state index in [1.165, 1.54) is 0 Å². The highest BCUT2D eigenvalue weighted by Crippen LogP contribution is 2.27. The molecule has 0 aliphatic rings. The first-order valence-corrected chi connectivity index (χ1v) is 5.87. The molecule has 2 rings (SSSR count). The lowest BCUT2D eigenvalue weighted by Crippen LogP contribution is -2.14. The van der Waals surface area contributed by atoms with Crippen molar-refractivity contribution in [3.63, 3.8) is 0 Å². The van der Waals surface area contributed by atoms with E-state index in [9.17, 15) is 0 Å². The highest BCUT2D eigenvalue weighted by atomic mass is 15.3. The smallest absolute Gasteiger partial charge is 0.165 e. The maximum Gasteiger partial charge on any atom is 0.165 e. The Morgan fingerprint density at radius 2 is 2.06 bits per heavy atom. The Bertz CT molecular complexity index is 558. The molecule has 6 heteroatoms. The molecule has 3 N–H and O–H groups in total. The van der Waals surface area contributed by atoms with Gasteiger partial charge in [-0.1, -0.05) is 13.8 Å². The van der Waals surface area contributed by atoms with Gasteiger partial charge in [-0.25, -0.2) is 15.8 Å². The molecule has 18 heavy (non-hydrogen) atoms. The van der Waals surface area contributed by atoms with Crippen LogP contribution in [0.4, 0.5) is 5.82 Å². The van der Waals surface area contributed by atoms with E-state index in [4.69, 9.17) is 5.84 Å². The Kier molecular flexibility index (Phi) is 3.29. The van der Waals surface area contributed by atoms with Crippen molar-refractivity contribution in [1.82, 2.24) is 19.7 Å². The lowest BCUT2D eigenvalue weighted by molar-refractivity contribution is 0.768. The largest absolute Gasteiger partial charge is 0.308 e. The van der Waals surface area contributed by atoms with E-state index in [1.807, 2.05) is 20.2 Å². The van der Waals surface area contributed by atoms with Crippen molar-refractivity contribution < 1.29 is 0 Å². The fraction of sp³-hybridized carbons (Fsp3) is 0.417. The maximum atomic E-state index is 5.55. The van der Waals surface area contributed by atoms with Gasteiger partial charge in [0.05, 0.1) is 11.8 Å².